The molecule has 126 valence electrons. The molecule has 0 aliphatic carbocycles. The monoisotopic (exact) mass is 434 g/mol. The lowest BCUT2D eigenvalue weighted by Gasteiger charge is -2.38. The van der Waals surface area contributed by atoms with E-state index in [0.717, 1.165) is 0 Å². The van der Waals surface area contributed by atoms with Gasteiger partial charge < -0.3 is 4.74 Å². The van der Waals surface area contributed by atoms with E-state index in [1.165, 1.54) is 12.5 Å². The number of carbonyl (C=O) groups excluding carboxylic acids is 1. The lowest BCUT2D eigenvalue weighted by Crippen LogP contribution is -2.43. The Hall–Kier alpha value is -0.283. The van der Waals surface area contributed by atoms with Crippen molar-refractivity contribution in [2.45, 2.75) is 84.5 Å². The number of halogens is 1. The first-order valence-corrected chi connectivity index (χ1v) is 11.5. The van der Waals surface area contributed by atoms with E-state index in [1.807, 2.05) is 11.0 Å². The molecule has 2 nitrogen and oxygen atoms in total. The molecule has 0 radical (unpaired) electrons. The van der Waals surface area contributed by atoms with Crippen molar-refractivity contribution < 1.29 is 9.53 Å². The maximum Gasteiger partial charge on any atom is 0.303 e. The largest absolute Gasteiger partial charge is 0.449 e. The first-order valence-electron chi connectivity index (χ1n) is 8.03. The molecule has 22 heavy (non-hydrogen) atoms. The number of hydrogen-bond donors (Lipinski definition) is 0. The summed E-state index contributed by atoms with van der Waals surface area (Å²) >= 11 is 2.21. The third-order valence-electron chi connectivity index (χ3n) is 4.32. The van der Waals surface area contributed by atoms with Crippen LogP contribution in [0.15, 0.2) is 9.66 Å². The molecule has 0 aromatic carbocycles. The first-order chi connectivity index (χ1) is 10.1. The Kier molecular flexibility index (Phi) is 9.64. The standard InChI is InChI=1S/C18H31IO2Si/c1-13(2)22(14(3)4,15(5)6)10-9-18(21-17(8)20)11-16(7)12-19/h12-15,18H,11H2,1-8H3/b16-12+/t18-/m0/s1. The quantitative estimate of drug-likeness (QED) is 0.226. The molecular weight excluding hydrogens is 403 g/mol. The van der Waals surface area contributed by atoms with Gasteiger partial charge in [-0.05, 0) is 27.6 Å². The summed E-state index contributed by atoms with van der Waals surface area (Å²) in [6.45, 7) is 17.2. The van der Waals surface area contributed by atoms with Gasteiger partial charge in [0.2, 0.25) is 0 Å². The normalized spacial score (nSPS) is 14.1. The predicted molar refractivity (Wildman–Crippen MR) is 107 cm³/mol. The lowest BCUT2D eigenvalue weighted by molar-refractivity contribution is -0.143. The molecule has 0 rings (SSSR count). The van der Waals surface area contributed by atoms with Gasteiger partial charge in [0.1, 0.15) is 8.07 Å². The summed E-state index contributed by atoms with van der Waals surface area (Å²) < 4.78 is 7.44. The third-order valence-corrected chi connectivity index (χ3v) is 11.7. The molecule has 0 N–H and O–H groups in total. The van der Waals surface area contributed by atoms with E-state index in [-0.39, 0.29) is 12.1 Å². The fourth-order valence-electron chi connectivity index (χ4n) is 3.30. The third kappa shape index (κ3) is 6.08. The molecule has 0 aromatic rings. The van der Waals surface area contributed by atoms with E-state index in [2.05, 4.69) is 75.6 Å². The second kappa shape index (κ2) is 9.77. The van der Waals surface area contributed by atoms with Crippen molar-refractivity contribution in [3.05, 3.63) is 9.66 Å². The van der Waals surface area contributed by atoms with Gasteiger partial charge in [-0.2, -0.15) is 0 Å². The average Bonchev–Trinajstić information content (AvgIpc) is 2.36. The number of carbonyl (C=O) groups is 1. The van der Waals surface area contributed by atoms with E-state index < -0.39 is 8.07 Å². The zero-order valence-corrected chi connectivity index (χ0v) is 18.4. The van der Waals surface area contributed by atoms with Crippen LogP contribution in [-0.4, -0.2) is 20.1 Å². The summed E-state index contributed by atoms with van der Waals surface area (Å²) in [5.41, 5.74) is 6.58. The van der Waals surface area contributed by atoms with Gasteiger partial charge in [0.15, 0.2) is 6.10 Å². The van der Waals surface area contributed by atoms with Crippen LogP contribution in [0.4, 0.5) is 0 Å². The summed E-state index contributed by atoms with van der Waals surface area (Å²) in [5.74, 6) is 3.07. The van der Waals surface area contributed by atoms with Crippen LogP contribution in [-0.2, 0) is 9.53 Å². The fraction of sp³-hybridized carbons (Fsp3) is 0.722. The van der Waals surface area contributed by atoms with Gasteiger partial charge in [-0.3, -0.25) is 4.79 Å². The molecule has 0 saturated heterocycles. The van der Waals surface area contributed by atoms with Gasteiger partial charge >= 0.3 is 5.97 Å². The minimum atomic E-state index is -1.78. The highest BCUT2D eigenvalue weighted by Gasteiger charge is 2.41. The minimum absolute atomic E-state index is 0.258. The van der Waals surface area contributed by atoms with Crippen LogP contribution in [0.5, 0.6) is 0 Å². The number of esters is 1. The molecule has 0 aromatic heterocycles. The highest BCUT2D eigenvalue weighted by atomic mass is 127. The van der Waals surface area contributed by atoms with Crippen molar-refractivity contribution in [1.82, 2.24) is 0 Å². The molecule has 0 aliphatic rings. The molecule has 4 heteroatoms. The molecule has 0 heterocycles. The zero-order chi connectivity index (χ0) is 17.5. The second-order valence-electron chi connectivity index (χ2n) is 6.92. The van der Waals surface area contributed by atoms with Crippen LogP contribution < -0.4 is 0 Å². The molecule has 0 aliphatic heterocycles. The van der Waals surface area contributed by atoms with Gasteiger partial charge in [0, 0.05) is 13.3 Å². The van der Waals surface area contributed by atoms with E-state index in [4.69, 9.17) is 4.74 Å². The molecule has 0 spiro atoms. The topological polar surface area (TPSA) is 26.3 Å². The van der Waals surface area contributed by atoms with Crippen LogP contribution in [0.1, 0.15) is 61.8 Å². The molecular formula is C18H31IO2Si. The summed E-state index contributed by atoms with van der Waals surface area (Å²) in [4.78, 5) is 11.4. The van der Waals surface area contributed by atoms with E-state index in [1.54, 1.807) is 0 Å². The molecule has 0 fully saturated rings. The Labute approximate surface area is 151 Å². The number of ether oxygens (including phenoxy) is 1. The van der Waals surface area contributed by atoms with Crippen LogP contribution in [0.3, 0.4) is 0 Å². The zero-order valence-electron chi connectivity index (χ0n) is 15.3. The second-order valence-corrected chi connectivity index (χ2v) is 13.1. The summed E-state index contributed by atoms with van der Waals surface area (Å²) in [6, 6.07) is 0. The van der Waals surface area contributed by atoms with Crippen LogP contribution in [0.25, 0.3) is 0 Å². The summed E-state index contributed by atoms with van der Waals surface area (Å²) in [7, 11) is -1.78. The van der Waals surface area contributed by atoms with Crippen molar-refractivity contribution >= 4 is 36.6 Å². The van der Waals surface area contributed by atoms with Gasteiger partial charge in [-0.25, -0.2) is 0 Å². The van der Waals surface area contributed by atoms with Gasteiger partial charge in [0.05, 0.1) is 0 Å². The molecule has 0 bridgehead atoms. The Morgan fingerprint density at radius 1 is 1.09 bits per heavy atom. The fourth-order valence-corrected chi connectivity index (χ4v) is 8.83. The van der Waals surface area contributed by atoms with Gasteiger partial charge in [-0.1, -0.05) is 75.6 Å². The maximum atomic E-state index is 11.4. The molecule has 0 unspecified atom stereocenters. The molecule has 0 amide bonds. The van der Waals surface area contributed by atoms with Crippen molar-refractivity contribution in [2.24, 2.45) is 0 Å². The lowest BCUT2D eigenvalue weighted by atomic mass is 10.1. The summed E-state index contributed by atoms with van der Waals surface area (Å²) in [6.07, 6.45) is 0.362. The van der Waals surface area contributed by atoms with Crippen molar-refractivity contribution in [2.75, 3.05) is 0 Å². The number of hydrogen-bond acceptors (Lipinski definition) is 2. The predicted octanol–water partition coefficient (Wildman–Crippen LogP) is 5.87. The van der Waals surface area contributed by atoms with Crippen molar-refractivity contribution in [3.63, 3.8) is 0 Å². The highest BCUT2D eigenvalue weighted by molar-refractivity contribution is 14.1. The Balaban J connectivity index is 5.64. The van der Waals surface area contributed by atoms with E-state index >= 15 is 0 Å². The Bertz CT molecular complexity index is 434. The van der Waals surface area contributed by atoms with Crippen molar-refractivity contribution in [1.29, 1.82) is 0 Å². The smallest absolute Gasteiger partial charge is 0.303 e. The van der Waals surface area contributed by atoms with Crippen LogP contribution >= 0.6 is 22.6 Å². The number of rotatable bonds is 6. The average molecular weight is 434 g/mol. The Morgan fingerprint density at radius 2 is 1.55 bits per heavy atom. The highest BCUT2D eigenvalue weighted by Crippen LogP contribution is 2.40. The van der Waals surface area contributed by atoms with Crippen molar-refractivity contribution in [3.8, 4) is 11.5 Å². The van der Waals surface area contributed by atoms with E-state index in [0.29, 0.717) is 23.0 Å². The SMILES string of the molecule is CC(=O)O[C@@H](C#C[Si](C(C)C)(C(C)C)C(C)C)C/C(C)=C/I. The Morgan fingerprint density at radius 3 is 1.86 bits per heavy atom. The molecule has 0 saturated carbocycles. The van der Waals surface area contributed by atoms with E-state index in [9.17, 15) is 4.79 Å². The van der Waals surface area contributed by atoms with Gasteiger partial charge in [-0.15, -0.1) is 5.54 Å². The van der Waals surface area contributed by atoms with Crippen LogP contribution in [0, 0.1) is 11.5 Å². The van der Waals surface area contributed by atoms with Gasteiger partial charge in [0.25, 0.3) is 0 Å². The minimum Gasteiger partial charge on any atom is -0.449 e. The first kappa shape index (κ1) is 21.7. The maximum absolute atomic E-state index is 11.4. The summed E-state index contributed by atoms with van der Waals surface area (Å²) in [5, 5.41) is 0. The van der Waals surface area contributed by atoms with Crippen LogP contribution in [0.2, 0.25) is 16.6 Å². The molecule has 1 atom stereocenters.